The molecule has 0 bridgehead atoms. The quantitative estimate of drug-likeness (QED) is 0.162. The summed E-state index contributed by atoms with van der Waals surface area (Å²) in [5, 5.41) is 0. The highest BCUT2D eigenvalue weighted by molar-refractivity contribution is 5.91. The number of piperidine rings is 1. The minimum Gasteiger partial charge on any atom is -0.496 e. The molecule has 1 heterocycles. The second kappa shape index (κ2) is 16.1. The van der Waals surface area contributed by atoms with E-state index in [2.05, 4.69) is 57.4 Å². The van der Waals surface area contributed by atoms with Crippen LogP contribution in [0, 0.1) is 25.2 Å². The van der Waals surface area contributed by atoms with Gasteiger partial charge < -0.3 is 19.9 Å². The molecular formula is C38H56F2N2O5. The molecule has 1 saturated heterocycles. The normalized spacial score (nSPS) is 19.6. The molecule has 1 aromatic carbocycles. The number of carbonyl (C=O) groups is 2. The number of aryl methyl sites for hydroxylation is 1. The molecule has 1 atom stereocenters. The van der Waals surface area contributed by atoms with Crippen molar-refractivity contribution < 1.29 is 32.6 Å². The Morgan fingerprint density at radius 2 is 1.81 bits per heavy atom. The molecule has 1 spiro atoms. The number of hydrogen-bond acceptors (Lipinski definition) is 7. The van der Waals surface area contributed by atoms with E-state index in [9.17, 15) is 18.4 Å². The van der Waals surface area contributed by atoms with Gasteiger partial charge in [-0.25, -0.2) is 13.6 Å². The number of halogens is 2. The third-order valence-corrected chi connectivity index (χ3v) is 8.69. The number of benzene rings is 1. The molecule has 2 N–H and O–H groups in total. The molecule has 0 amide bonds. The molecule has 47 heavy (non-hydrogen) atoms. The largest absolute Gasteiger partial charge is 0.496 e. The average Bonchev–Trinajstić information content (AvgIpc) is 2.93. The number of allylic oxidation sites excluding steroid dienone is 2. The number of nitrogens with two attached hydrogens (primary N) is 1. The summed E-state index contributed by atoms with van der Waals surface area (Å²) >= 11 is 0. The van der Waals surface area contributed by atoms with Crippen LogP contribution in [0.4, 0.5) is 8.78 Å². The van der Waals surface area contributed by atoms with Crippen molar-refractivity contribution in [2.24, 2.45) is 17.1 Å². The van der Waals surface area contributed by atoms with E-state index >= 15 is 0 Å². The third kappa shape index (κ3) is 11.1. The summed E-state index contributed by atoms with van der Waals surface area (Å²) in [6, 6.07) is 1.85. The minimum atomic E-state index is -2.62. The van der Waals surface area contributed by atoms with E-state index in [1.165, 1.54) is 25.7 Å². The van der Waals surface area contributed by atoms with Gasteiger partial charge in [0.05, 0.1) is 19.8 Å². The van der Waals surface area contributed by atoms with Gasteiger partial charge in [-0.05, 0) is 107 Å². The van der Waals surface area contributed by atoms with Crippen LogP contribution in [-0.4, -0.2) is 55.2 Å². The Balaban J connectivity index is 0.000000849. The molecule has 1 aliphatic heterocycles. The number of alkyl halides is 2. The van der Waals surface area contributed by atoms with Crippen molar-refractivity contribution in [3.8, 4) is 5.75 Å². The van der Waals surface area contributed by atoms with E-state index in [0.29, 0.717) is 37.5 Å². The van der Waals surface area contributed by atoms with Crippen LogP contribution in [-0.2, 0) is 25.6 Å². The average molecular weight is 659 g/mol. The van der Waals surface area contributed by atoms with Crippen LogP contribution in [0.5, 0.6) is 5.75 Å². The van der Waals surface area contributed by atoms with E-state index in [4.69, 9.17) is 19.9 Å². The van der Waals surface area contributed by atoms with Crippen LogP contribution in [0.15, 0.2) is 47.7 Å². The Labute approximate surface area is 280 Å². The molecule has 1 aromatic rings. The van der Waals surface area contributed by atoms with Gasteiger partial charge in [0.1, 0.15) is 11.4 Å². The van der Waals surface area contributed by atoms with Gasteiger partial charge in [0, 0.05) is 43.6 Å². The van der Waals surface area contributed by atoms with Gasteiger partial charge in [0.25, 0.3) is 0 Å². The van der Waals surface area contributed by atoms with Crippen molar-refractivity contribution in [1.29, 1.82) is 0 Å². The maximum absolute atomic E-state index is 14.1. The number of carbonyl (C=O) groups excluding carboxylic acids is 2. The molecule has 2 fully saturated rings. The first kappa shape index (κ1) is 39.7. The van der Waals surface area contributed by atoms with Crippen LogP contribution in [0.1, 0.15) is 96.4 Å². The molecule has 0 aromatic heterocycles. The number of rotatable bonds is 9. The predicted octanol–water partition coefficient (Wildman–Crippen LogP) is 8.23. The summed E-state index contributed by atoms with van der Waals surface area (Å²) < 4.78 is 43.7. The molecule has 7 nitrogen and oxygen atoms in total. The molecule has 0 radical (unpaired) electrons. The zero-order valence-corrected chi connectivity index (χ0v) is 30.3. The lowest BCUT2D eigenvalue weighted by atomic mass is 9.58. The first-order chi connectivity index (χ1) is 21.7. The highest BCUT2D eigenvalue weighted by Gasteiger charge is 2.58. The van der Waals surface area contributed by atoms with E-state index in [1.807, 2.05) is 33.8 Å². The van der Waals surface area contributed by atoms with Crippen LogP contribution in [0.3, 0.4) is 0 Å². The summed E-state index contributed by atoms with van der Waals surface area (Å²) in [4.78, 5) is 24.5. The fraction of sp³-hybridized carbons (Fsp3) is 0.579. The van der Waals surface area contributed by atoms with Crippen molar-refractivity contribution in [2.75, 3.05) is 20.8 Å². The maximum Gasteiger partial charge on any atom is 0.337 e. The number of ether oxygens (including phenoxy) is 3. The summed E-state index contributed by atoms with van der Waals surface area (Å²) in [6.07, 6.45) is 8.84. The fourth-order valence-electron chi connectivity index (χ4n) is 6.51. The molecule has 1 unspecified atom stereocenters. The second-order valence-electron chi connectivity index (χ2n) is 14.2. The van der Waals surface area contributed by atoms with Crippen molar-refractivity contribution in [1.82, 2.24) is 4.90 Å². The van der Waals surface area contributed by atoms with Gasteiger partial charge >= 0.3 is 11.9 Å². The maximum atomic E-state index is 14.1. The van der Waals surface area contributed by atoms with Crippen LogP contribution < -0.4 is 10.5 Å². The first-order valence-electron chi connectivity index (χ1n) is 16.3. The number of nitrogens with zero attached hydrogens (tertiary/aromatic N) is 1. The van der Waals surface area contributed by atoms with Crippen molar-refractivity contribution in [2.45, 2.75) is 112 Å². The number of methoxy groups -OCH3 is 2. The Morgan fingerprint density at radius 1 is 1.19 bits per heavy atom. The summed E-state index contributed by atoms with van der Waals surface area (Å²) in [5.41, 5.74) is 11.6. The minimum absolute atomic E-state index is 0.102. The Morgan fingerprint density at radius 3 is 2.26 bits per heavy atom. The van der Waals surface area contributed by atoms with Crippen molar-refractivity contribution in [3.05, 3.63) is 70.0 Å². The van der Waals surface area contributed by atoms with E-state index < -0.39 is 17.3 Å². The standard InChI is InChI=1S/C32H44F2N2O3.C6H12O2/c1-9-24(27(35)14-22(5)30(37)39-8)28-16-31(18-32(33,34)19-31)12-13-36(28)17-26-25(11-10-20(2)3)23(6)21(4)15-29(26)38-7;1-5(7)8-6(2,3)4/h9-11,14-15,20,28H,5,12-13,16-19,35H2,1-4,6-8H3;1-4H3/b11-10-,24-9+,27-14+;. The molecule has 1 aliphatic carbocycles. The van der Waals surface area contributed by atoms with Crippen LogP contribution in [0.2, 0.25) is 0 Å². The SMILES string of the molecule is C=C(/C=C(N)\C(=C/C)C1CC2(CCN1Cc1c(OC)cc(C)c(C)c1/C=C\C(C)C)CC(F)(F)C2)C(=O)OC.CC(=O)OC(C)(C)C. The fourth-order valence-corrected chi connectivity index (χ4v) is 6.51. The zero-order chi connectivity index (χ0) is 35.9. The Hall–Kier alpha value is -3.46. The van der Waals surface area contributed by atoms with E-state index in [1.54, 1.807) is 7.11 Å². The van der Waals surface area contributed by atoms with Crippen LogP contribution in [0.25, 0.3) is 6.08 Å². The van der Waals surface area contributed by atoms with Gasteiger partial charge in [0.2, 0.25) is 5.92 Å². The topological polar surface area (TPSA) is 91.1 Å². The monoisotopic (exact) mass is 658 g/mol. The lowest BCUT2D eigenvalue weighted by Crippen LogP contribution is -2.56. The summed E-state index contributed by atoms with van der Waals surface area (Å²) in [5.74, 6) is -2.22. The second-order valence-corrected chi connectivity index (χ2v) is 14.2. The lowest BCUT2D eigenvalue weighted by Gasteiger charge is -2.55. The lowest BCUT2D eigenvalue weighted by molar-refractivity contribution is -0.183. The first-order valence-corrected chi connectivity index (χ1v) is 16.3. The van der Waals surface area contributed by atoms with E-state index in [0.717, 1.165) is 28.0 Å². The molecule has 262 valence electrons. The molecular weight excluding hydrogens is 602 g/mol. The predicted molar refractivity (Wildman–Crippen MR) is 185 cm³/mol. The zero-order valence-electron chi connectivity index (χ0n) is 30.3. The summed E-state index contributed by atoms with van der Waals surface area (Å²) in [7, 11) is 2.97. The molecule has 2 aliphatic rings. The van der Waals surface area contributed by atoms with Gasteiger partial charge in [0.15, 0.2) is 0 Å². The molecule has 1 saturated carbocycles. The van der Waals surface area contributed by atoms with Crippen molar-refractivity contribution in [3.63, 3.8) is 0 Å². The van der Waals surface area contributed by atoms with Gasteiger partial charge in [-0.3, -0.25) is 9.69 Å². The van der Waals surface area contributed by atoms with Gasteiger partial charge in [-0.2, -0.15) is 0 Å². The third-order valence-electron chi connectivity index (χ3n) is 8.69. The Bertz CT molecular complexity index is 1390. The van der Waals surface area contributed by atoms with Crippen molar-refractivity contribution >= 4 is 18.0 Å². The summed E-state index contributed by atoms with van der Waals surface area (Å²) in [6.45, 7) is 22.3. The van der Waals surface area contributed by atoms with Gasteiger partial charge in [-0.15, -0.1) is 0 Å². The number of esters is 2. The smallest absolute Gasteiger partial charge is 0.337 e. The molecule has 3 rings (SSSR count). The number of likely N-dealkylation sites (tertiary alicyclic amines) is 1. The van der Waals surface area contributed by atoms with Crippen LogP contribution >= 0.6 is 0 Å². The Kier molecular flexibility index (Phi) is 13.6. The highest BCUT2D eigenvalue weighted by Crippen LogP contribution is 2.59. The highest BCUT2D eigenvalue weighted by atomic mass is 19.3. The number of hydrogen-bond donors (Lipinski definition) is 1. The van der Waals surface area contributed by atoms with E-state index in [-0.39, 0.29) is 36.0 Å². The molecule has 9 heteroatoms. The van der Waals surface area contributed by atoms with Gasteiger partial charge in [-0.1, -0.05) is 38.7 Å².